The molecule has 0 saturated carbocycles. The quantitative estimate of drug-likeness (QED) is 0.619. The molecular formula is C16H19ClF4N2OS. The molecule has 0 heterocycles. The van der Waals surface area contributed by atoms with Crippen LogP contribution >= 0.6 is 24.2 Å². The van der Waals surface area contributed by atoms with Crippen LogP contribution in [-0.2, 0) is 12.7 Å². The van der Waals surface area contributed by atoms with Crippen LogP contribution in [0.1, 0.15) is 11.1 Å². The molecule has 140 valence electrons. The summed E-state index contributed by atoms with van der Waals surface area (Å²) in [4.78, 5) is 3.14. The Bertz CT molecular complexity index is 711. The van der Waals surface area contributed by atoms with E-state index in [9.17, 15) is 17.6 Å². The predicted octanol–water partition coefficient (Wildman–Crippen LogP) is 4.24. The Balaban J connectivity index is 0.00000288. The van der Waals surface area contributed by atoms with Crippen LogP contribution in [0.2, 0.25) is 0 Å². The van der Waals surface area contributed by atoms with Gasteiger partial charge >= 0.3 is 6.18 Å². The van der Waals surface area contributed by atoms with Crippen LogP contribution in [0.3, 0.4) is 0 Å². The van der Waals surface area contributed by atoms with Gasteiger partial charge in [-0.15, -0.1) is 12.4 Å². The molecule has 0 saturated heterocycles. The molecule has 0 fully saturated rings. The molecule has 0 aliphatic carbocycles. The van der Waals surface area contributed by atoms with Gasteiger partial charge in [0.05, 0.1) is 5.56 Å². The fourth-order valence-corrected chi connectivity index (χ4v) is 2.99. The van der Waals surface area contributed by atoms with E-state index in [1.165, 1.54) is 30.0 Å². The topological polar surface area (TPSA) is 60.8 Å². The summed E-state index contributed by atoms with van der Waals surface area (Å²) in [6.45, 7) is 0.515. The van der Waals surface area contributed by atoms with Crippen molar-refractivity contribution >= 4 is 29.9 Å². The Kier molecular flexibility index (Phi) is 8.73. The summed E-state index contributed by atoms with van der Waals surface area (Å²) in [6, 6.07) is 7.59. The molecule has 0 aromatic heterocycles. The zero-order chi connectivity index (χ0) is 17.2. The van der Waals surface area contributed by atoms with Gasteiger partial charge in [-0.05, 0) is 56.1 Å². The fourth-order valence-electron chi connectivity index (χ4n) is 2.05. The Hall–Kier alpha value is -1.48. The monoisotopic (exact) mass is 398 g/mol. The lowest BCUT2D eigenvalue weighted by atomic mass is 10.2. The maximum absolute atomic E-state index is 13.4. The van der Waals surface area contributed by atoms with E-state index in [0.717, 1.165) is 22.6 Å². The van der Waals surface area contributed by atoms with E-state index in [1.807, 2.05) is 19.0 Å². The van der Waals surface area contributed by atoms with Gasteiger partial charge in [-0.25, -0.2) is 4.39 Å². The molecule has 0 unspecified atom stereocenters. The molecule has 0 spiro atoms. The SMILES string of the molecule is CN(C)Cc1cc(F)ccc1Sc1ccc(C(F)(F)F)cc1N.Cl.O. The van der Waals surface area contributed by atoms with Gasteiger partial charge in [0.15, 0.2) is 0 Å². The zero-order valence-corrected chi connectivity index (χ0v) is 15.2. The first-order valence-electron chi connectivity index (χ1n) is 6.74. The van der Waals surface area contributed by atoms with Crippen LogP contribution in [0.4, 0.5) is 23.2 Å². The van der Waals surface area contributed by atoms with Crippen LogP contribution in [0.25, 0.3) is 0 Å². The number of nitrogen functional groups attached to an aromatic ring is 1. The van der Waals surface area contributed by atoms with Crippen LogP contribution in [-0.4, -0.2) is 24.5 Å². The summed E-state index contributed by atoms with van der Waals surface area (Å²) in [7, 11) is 3.71. The van der Waals surface area contributed by atoms with Gasteiger partial charge in [0, 0.05) is 22.0 Å². The second-order valence-corrected chi connectivity index (χ2v) is 6.43. The molecule has 0 atom stereocenters. The van der Waals surface area contributed by atoms with Gasteiger partial charge in [-0.2, -0.15) is 13.2 Å². The summed E-state index contributed by atoms with van der Waals surface area (Å²) in [6.07, 6.45) is -4.43. The van der Waals surface area contributed by atoms with Crippen molar-refractivity contribution in [3.63, 3.8) is 0 Å². The van der Waals surface area contributed by atoms with E-state index in [-0.39, 0.29) is 29.4 Å². The minimum Gasteiger partial charge on any atom is -0.412 e. The van der Waals surface area contributed by atoms with E-state index < -0.39 is 11.7 Å². The first-order chi connectivity index (χ1) is 10.7. The van der Waals surface area contributed by atoms with Gasteiger partial charge in [0.2, 0.25) is 0 Å². The lowest BCUT2D eigenvalue weighted by Gasteiger charge is -2.15. The van der Waals surface area contributed by atoms with Crippen LogP contribution < -0.4 is 5.73 Å². The third-order valence-corrected chi connectivity index (χ3v) is 4.28. The number of alkyl halides is 3. The molecule has 0 amide bonds. The van der Waals surface area contributed by atoms with Gasteiger partial charge in [0.25, 0.3) is 0 Å². The molecular weight excluding hydrogens is 380 g/mol. The smallest absolute Gasteiger partial charge is 0.412 e. The minimum atomic E-state index is -4.43. The summed E-state index contributed by atoms with van der Waals surface area (Å²) >= 11 is 1.23. The highest BCUT2D eigenvalue weighted by Gasteiger charge is 2.30. The van der Waals surface area contributed by atoms with Crippen LogP contribution in [0.5, 0.6) is 0 Å². The lowest BCUT2D eigenvalue weighted by Crippen LogP contribution is -2.11. The van der Waals surface area contributed by atoms with Crippen molar-refractivity contribution in [1.82, 2.24) is 4.90 Å². The van der Waals surface area contributed by atoms with E-state index in [4.69, 9.17) is 5.73 Å². The Morgan fingerprint density at radius 3 is 2.16 bits per heavy atom. The number of halogens is 5. The number of hydrogen-bond donors (Lipinski definition) is 1. The van der Waals surface area contributed by atoms with Crippen molar-refractivity contribution in [3.8, 4) is 0 Å². The Morgan fingerprint density at radius 2 is 1.64 bits per heavy atom. The third kappa shape index (κ3) is 6.39. The van der Waals surface area contributed by atoms with E-state index >= 15 is 0 Å². The summed E-state index contributed by atoms with van der Waals surface area (Å²) in [5, 5.41) is 0. The van der Waals surface area contributed by atoms with Crippen molar-refractivity contribution in [1.29, 1.82) is 0 Å². The Morgan fingerprint density at radius 1 is 1.04 bits per heavy atom. The van der Waals surface area contributed by atoms with Crippen molar-refractivity contribution < 1.29 is 23.0 Å². The van der Waals surface area contributed by atoms with E-state index in [2.05, 4.69) is 0 Å². The highest BCUT2D eigenvalue weighted by Crippen LogP contribution is 2.38. The van der Waals surface area contributed by atoms with E-state index in [0.29, 0.717) is 11.4 Å². The minimum absolute atomic E-state index is 0. The van der Waals surface area contributed by atoms with Gasteiger partial charge in [0.1, 0.15) is 5.82 Å². The molecule has 0 bridgehead atoms. The third-order valence-electron chi connectivity index (χ3n) is 3.07. The molecule has 0 aliphatic rings. The molecule has 2 aromatic rings. The predicted molar refractivity (Wildman–Crippen MR) is 94.6 cm³/mol. The summed E-state index contributed by atoms with van der Waals surface area (Å²) < 4.78 is 51.4. The standard InChI is InChI=1S/C16H16F4N2S.ClH.H2O/c1-22(2)9-10-7-12(17)4-6-14(10)23-15-5-3-11(8-13(15)21)16(18,19)20;;/h3-8H,9,21H2,1-2H3;1H;1H2. The summed E-state index contributed by atoms with van der Waals surface area (Å²) in [5.74, 6) is -0.355. The molecule has 9 heteroatoms. The molecule has 0 radical (unpaired) electrons. The van der Waals surface area contributed by atoms with Crippen molar-refractivity contribution in [2.75, 3.05) is 19.8 Å². The largest absolute Gasteiger partial charge is 0.416 e. The molecule has 4 N–H and O–H groups in total. The van der Waals surface area contributed by atoms with E-state index in [1.54, 1.807) is 6.07 Å². The summed E-state index contributed by atoms with van der Waals surface area (Å²) in [5.41, 5.74) is 5.75. The van der Waals surface area contributed by atoms with Crippen LogP contribution in [0.15, 0.2) is 46.2 Å². The number of benzene rings is 2. The lowest BCUT2D eigenvalue weighted by molar-refractivity contribution is -0.137. The van der Waals surface area contributed by atoms with Crippen LogP contribution in [0, 0.1) is 5.82 Å². The normalized spacial score (nSPS) is 11.0. The highest BCUT2D eigenvalue weighted by atomic mass is 35.5. The number of rotatable bonds is 4. The average molecular weight is 399 g/mol. The van der Waals surface area contributed by atoms with Gasteiger partial charge in [-0.3, -0.25) is 0 Å². The number of nitrogens with zero attached hydrogens (tertiary/aromatic N) is 1. The second-order valence-electron chi connectivity index (χ2n) is 5.34. The number of anilines is 1. The average Bonchev–Trinajstić information content (AvgIpc) is 2.42. The van der Waals surface area contributed by atoms with Gasteiger partial charge < -0.3 is 16.1 Å². The first kappa shape index (κ1) is 23.5. The molecule has 25 heavy (non-hydrogen) atoms. The molecule has 2 aromatic carbocycles. The maximum atomic E-state index is 13.4. The van der Waals surface area contributed by atoms with Crippen molar-refractivity contribution in [3.05, 3.63) is 53.3 Å². The van der Waals surface area contributed by atoms with Crippen molar-refractivity contribution in [2.24, 2.45) is 0 Å². The first-order valence-corrected chi connectivity index (χ1v) is 7.56. The fraction of sp³-hybridized carbons (Fsp3) is 0.250. The Labute approximate surface area is 153 Å². The molecule has 0 aliphatic heterocycles. The number of hydrogen-bond acceptors (Lipinski definition) is 3. The molecule has 2 rings (SSSR count). The number of nitrogens with two attached hydrogens (primary N) is 1. The van der Waals surface area contributed by atoms with Crippen molar-refractivity contribution in [2.45, 2.75) is 22.5 Å². The maximum Gasteiger partial charge on any atom is 0.416 e. The zero-order valence-electron chi connectivity index (χ0n) is 13.5. The molecule has 3 nitrogen and oxygen atoms in total. The second kappa shape index (κ2) is 9.28. The highest BCUT2D eigenvalue weighted by molar-refractivity contribution is 7.99. The van der Waals surface area contributed by atoms with Gasteiger partial charge in [-0.1, -0.05) is 11.8 Å².